The zero-order valence-corrected chi connectivity index (χ0v) is 18.5. The second-order valence-electron chi connectivity index (χ2n) is 7.17. The number of sulfonamides is 1. The summed E-state index contributed by atoms with van der Waals surface area (Å²) in [5, 5.41) is 8.05. The van der Waals surface area contributed by atoms with Crippen molar-refractivity contribution >= 4 is 54.1 Å². The number of carbonyl (C=O) groups excluding carboxylic acids is 1. The van der Waals surface area contributed by atoms with Crippen LogP contribution < -0.4 is 10.0 Å². The SMILES string of the molecule is CCS(=O)(=O)Nc1cc2nn(C)c(C(=O)Nc3ccc(Br)cc3)c2cc1C1CC1. The van der Waals surface area contributed by atoms with Gasteiger partial charge in [0.25, 0.3) is 5.91 Å². The number of rotatable bonds is 6. The minimum absolute atomic E-state index is 0.00178. The van der Waals surface area contributed by atoms with Crippen LogP contribution in [0.15, 0.2) is 40.9 Å². The third kappa shape index (κ3) is 4.16. The fourth-order valence-corrected chi connectivity index (χ4v) is 4.24. The average Bonchev–Trinajstić information content (AvgIpc) is 3.45. The highest BCUT2D eigenvalue weighted by atomic mass is 79.9. The van der Waals surface area contributed by atoms with Crippen molar-refractivity contribution in [2.75, 3.05) is 15.8 Å². The fourth-order valence-electron chi connectivity index (χ4n) is 3.32. The van der Waals surface area contributed by atoms with Gasteiger partial charge in [0.15, 0.2) is 0 Å². The van der Waals surface area contributed by atoms with E-state index in [0.29, 0.717) is 33.9 Å². The Labute approximate surface area is 177 Å². The molecule has 1 amide bonds. The molecule has 0 unspecified atom stereocenters. The van der Waals surface area contributed by atoms with E-state index in [4.69, 9.17) is 0 Å². The molecule has 1 aliphatic rings. The molecule has 1 aliphatic carbocycles. The monoisotopic (exact) mass is 476 g/mol. The topological polar surface area (TPSA) is 93.1 Å². The maximum atomic E-state index is 13.0. The molecule has 0 aliphatic heterocycles. The van der Waals surface area contributed by atoms with Gasteiger partial charge < -0.3 is 5.32 Å². The molecule has 0 bridgehead atoms. The van der Waals surface area contributed by atoms with E-state index in [9.17, 15) is 13.2 Å². The summed E-state index contributed by atoms with van der Waals surface area (Å²) in [5.74, 6) is 0.0376. The van der Waals surface area contributed by atoms with Crippen molar-refractivity contribution < 1.29 is 13.2 Å². The van der Waals surface area contributed by atoms with E-state index >= 15 is 0 Å². The minimum atomic E-state index is -3.40. The van der Waals surface area contributed by atoms with Gasteiger partial charge in [-0.25, -0.2) is 8.42 Å². The molecule has 0 spiro atoms. The molecule has 29 heavy (non-hydrogen) atoms. The van der Waals surface area contributed by atoms with Crippen LogP contribution in [0.2, 0.25) is 0 Å². The minimum Gasteiger partial charge on any atom is -0.321 e. The Morgan fingerprint density at radius 1 is 1.24 bits per heavy atom. The highest BCUT2D eigenvalue weighted by Crippen LogP contribution is 2.45. The number of amides is 1. The Hall–Kier alpha value is -2.39. The number of nitrogens with zero attached hydrogens (tertiary/aromatic N) is 2. The fraction of sp³-hybridized carbons (Fsp3) is 0.300. The van der Waals surface area contributed by atoms with Gasteiger partial charge in [0.1, 0.15) is 5.69 Å². The normalized spacial score (nSPS) is 14.2. The quantitative estimate of drug-likeness (QED) is 0.556. The van der Waals surface area contributed by atoms with Crippen LogP contribution in [0, 0.1) is 0 Å². The smallest absolute Gasteiger partial charge is 0.274 e. The Morgan fingerprint density at radius 2 is 1.93 bits per heavy atom. The number of aryl methyl sites for hydroxylation is 1. The van der Waals surface area contributed by atoms with Crippen molar-refractivity contribution in [1.82, 2.24) is 9.78 Å². The standard InChI is InChI=1S/C20H21BrN4O3S/c1-3-29(27,28)24-18-11-17-16(10-15(18)12-4-5-12)19(25(2)23-17)20(26)22-14-8-6-13(21)7-9-14/h6-12,24H,3-5H2,1-2H3,(H,22,26). The molecule has 0 atom stereocenters. The van der Waals surface area contributed by atoms with Crippen LogP contribution in [0.4, 0.5) is 11.4 Å². The van der Waals surface area contributed by atoms with Crippen LogP contribution in [0.25, 0.3) is 10.9 Å². The van der Waals surface area contributed by atoms with E-state index in [1.165, 1.54) is 4.68 Å². The van der Waals surface area contributed by atoms with Crippen molar-refractivity contribution in [3.63, 3.8) is 0 Å². The maximum Gasteiger partial charge on any atom is 0.274 e. The summed E-state index contributed by atoms with van der Waals surface area (Å²) in [6, 6.07) is 11.0. The van der Waals surface area contributed by atoms with Crippen molar-refractivity contribution in [3.05, 3.63) is 52.1 Å². The molecular formula is C20H21BrN4O3S. The highest BCUT2D eigenvalue weighted by Gasteiger charge is 2.29. The number of aromatic nitrogens is 2. The molecule has 152 valence electrons. The molecule has 4 rings (SSSR count). The summed E-state index contributed by atoms with van der Waals surface area (Å²) in [6.45, 7) is 1.60. The lowest BCUT2D eigenvalue weighted by atomic mass is 10.0. The molecule has 9 heteroatoms. The van der Waals surface area contributed by atoms with Gasteiger partial charge in [0, 0.05) is 22.6 Å². The zero-order valence-electron chi connectivity index (χ0n) is 16.1. The first-order chi connectivity index (χ1) is 13.8. The number of anilines is 2. The molecule has 2 aromatic carbocycles. The van der Waals surface area contributed by atoms with Gasteiger partial charge in [-0.1, -0.05) is 15.9 Å². The number of hydrogen-bond acceptors (Lipinski definition) is 4. The van der Waals surface area contributed by atoms with Gasteiger partial charge in [0.05, 0.1) is 17.0 Å². The summed E-state index contributed by atoms with van der Waals surface area (Å²) < 4.78 is 29.3. The first-order valence-corrected chi connectivity index (χ1v) is 11.8. The first-order valence-electron chi connectivity index (χ1n) is 9.35. The van der Waals surface area contributed by atoms with Crippen molar-refractivity contribution in [3.8, 4) is 0 Å². The maximum absolute atomic E-state index is 13.0. The van der Waals surface area contributed by atoms with E-state index in [-0.39, 0.29) is 11.7 Å². The summed E-state index contributed by atoms with van der Waals surface area (Å²) in [5.41, 5.74) is 3.17. The molecule has 1 saturated carbocycles. The number of carbonyl (C=O) groups is 1. The van der Waals surface area contributed by atoms with Crippen LogP contribution in [-0.2, 0) is 17.1 Å². The third-order valence-electron chi connectivity index (χ3n) is 4.98. The Balaban J connectivity index is 1.75. The third-order valence-corrected chi connectivity index (χ3v) is 6.80. The van der Waals surface area contributed by atoms with Gasteiger partial charge in [0.2, 0.25) is 10.0 Å². The first kappa shape index (κ1) is 19.9. The number of hydrogen-bond donors (Lipinski definition) is 2. The van der Waals surface area contributed by atoms with Crippen molar-refractivity contribution in [2.45, 2.75) is 25.7 Å². The Morgan fingerprint density at radius 3 is 2.55 bits per heavy atom. The van der Waals surface area contributed by atoms with Gasteiger partial charge in [-0.2, -0.15) is 5.10 Å². The lowest BCUT2D eigenvalue weighted by molar-refractivity contribution is 0.101. The van der Waals surface area contributed by atoms with Crippen LogP contribution in [0.3, 0.4) is 0 Å². The largest absolute Gasteiger partial charge is 0.321 e. The van der Waals surface area contributed by atoms with E-state index in [2.05, 4.69) is 31.1 Å². The lowest BCUT2D eigenvalue weighted by Crippen LogP contribution is -2.16. The van der Waals surface area contributed by atoms with Crippen LogP contribution >= 0.6 is 15.9 Å². The average molecular weight is 477 g/mol. The summed E-state index contributed by atoms with van der Waals surface area (Å²) in [6.07, 6.45) is 2.01. The molecule has 1 aromatic heterocycles. The molecule has 7 nitrogen and oxygen atoms in total. The van der Waals surface area contributed by atoms with Gasteiger partial charge >= 0.3 is 0 Å². The van der Waals surface area contributed by atoms with Crippen molar-refractivity contribution in [2.24, 2.45) is 7.05 Å². The van der Waals surface area contributed by atoms with E-state index < -0.39 is 10.0 Å². The summed E-state index contributed by atoms with van der Waals surface area (Å²) in [7, 11) is -1.69. The Bertz CT molecular complexity index is 1200. The highest BCUT2D eigenvalue weighted by molar-refractivity contribution is 9.10. The van der Waals surface area contributed by atoms with E-state index in [1.807, 2.05) is 30.3 Å². The molecule has 1 heterocycles. The lowest BCUT2D eigenvalue weighted by Gasteiger charge is -2.12. The molecule has 3 aromatic rings. The Kier molecular flexibility index (Phi) is 5.12. The molecule has 1 fully saturated rings. The molecular weight excluding hydrogens is 456 g/mol. The molecule has 2 N–H and O–H groups in total. The predicted octanol–water partition coefficient (Wildman–Crippen LogP) is 4.23. The molecule has 0 radical (unpaired) electrons. The number of fused-ring (bicyclic) bond motifs is 1. The number of nitrogens with one attached hydrogen (secondary N) is 2. The zero-order chi connectivity index (χ0) is 20.8. The summed E-state index contributed by atoms with van der Waals surface area (Å²) >= 11 is 3.38. The van der Waals surface area contributed by atoms with Crippen LogP contribution in [0.5, 0.6) is 0 Å². The number of benzene rings is 2. The van der Waals surface area contributed by atoms with Gasteiger partial charge in [-0.3, -0.25) is 14.2 Å². The predicted molar refractivity (Wildman–Crippen MR) is 118 cm³/mol. The van der Waals surface area contributed by atoms with Gasteiger partial charge in [-0.15, -0.1) is 0 Å². The van der Waals surface area contributed by atoms with E-state index in [0.717, 1.165) is 22.9 Å². The molecule has 0 saturated heterocycles. The van der Waals surface area contributed by atoms with Crippen molar-refractivity contribution in [1.29, 1.82) is 0 Å². The van der Waals surface area contributed by atoms with Gasteiger partial charge in [-0.05, 0) is 67.6 Å². The van der Waals surface area contributed by atoms with Crippen LogP contribution in [0.1, 0.15) is 41.7 Å². The number of halogens is 1. The second kappa shape index (κ2) is 7.46. The van der Waals surface area contributed by atoms with E-state index in [1.54, 1.807) is 20.0 Å². The van der Waals surface area contributed by atoms with Crippen LogP contribution in [-0.4, -0.2) is 29.9 Å². The summed E-state index contributed by atoms with van der Waals surface area (Å²) in [4.78, 5) is 13.0. The second-order valence-corrected chi connectivity index (χ2v) is 10.1.